The number of thiophene rings is 1. The summed E-state index contributed by atoms with van der Waals surface area (Å²) in [5.41, 5.74) is 0. The summed E-state index contributed by atoms with van der Waals surface area (Å²) in [5, 5.41) is 3.50. The highest BCUT2D eigenvalue weighted by Crippen LogP contribution is 2.41. The molecule has 90 valence electrons. The standard InChI is InChI=1S/C13H20ClNS/c1-2-15-9-10-5-3-4-6-11(10)12-7-8-13(14)16-12/h7-8,10-11,15H,2-6,9H2,1H3. The molecule has 0 radical (unpaired) electrons. The Bertz CT molecular complexity index is 323. The molecule has 0 bridgehead atoms. The van der Waals surface area contributed by atoms with E-state index in [4.69, 9.17) is 11.6 Å². The molecule has 1 aromatic heterocycles. The van der Waals surface area contributed by atoms with Crippen LogP contribution < -0.4 is 5.32 Å². The van der Waals surface area contributed by atoms with Gasteiger partial charge in [0.05, 0.1) is 4.34 Å². The smallest absolute Gasteiger partial charge is 0.0931 e. The van der Waals surface area contributed by atoms with Gasteiger partial charge < -0.3 is 5.32 Å². The first-order chi connectivity index (χ1) is 7.81. The third-order valence-electron chi connectivity index (χ3n) is 3.53. The molecule has 0 aliphatic heterocycles. The molecule has 1 aliphatic carbocycles. The molecule has 1 saturated carbocycles. The van der Waals surface area contributed by atoms with E-state index in [0.29, 0.717) is 0 Å². The van der Waals surface area contributed by atoms with E-state index >= 15 is 0 Å². The van der Waals surface area contributed by atoms with Crippen molar-refractivity contribution in [2.24, 2.45) is 5.92 Å². The first kappa shape index (κ1) is 12.4. The van der Waals surface area contributed by atoms with Gasteiger partial charge in [-0.2, -0.15) is 0 Å². The summed E-state index contributed by atoms with van der Waals surface area (Å²) in [5.74, 6) is 1.55. The van der Waals surface area contributed by atoms with E-state index in [1.165, 1.54) is 30.6 Å². The van der Waals surface area contributed by atoms with Gasteiger partial charge >= 0.3 is 0 Å². The summed E-state index contributed by atoms with van der Waals surface area (Å²) < 4.78 is 0.933. The average molecular weight is 258 g/mol. The lowest BCUT2D eigenvalue weighted by molar-refractivity contribution is 0.300. The Hall–Kier alpha value is -0.0500. The Morgan fingerprint density at radius 3 is 2.88 bits per heavy atom. The molecule has 2 unspecified atom stereocenters. The third kappa shape index (κ3) is 2.99. The predicted octanol–water partition coefficient (Wildman–Crippen LogP) is 4.28. The minimum Gasteiger partial charge on any atom is -0.317 e. The zero-order chi connectivity index (χ0) is 11.4. The van der Waals surface area contributed by atoms with E-state index in [9.17, 15) is 0 Å². The van der Waals surface area contributed by atoms with Crippen LogP contribution in [0.25, 0.3) is 0 Å². The van der Waals surface area contributed by atoms with E-state index in [1.54, 1.807) is 11.3 Å². The minimum atomic E-state index is 0.741. The largest absolute Gasteiger partial charge is 0.317 e. The lowest BCUT2D eigenvalue weighted by atomic mass is 9.78. The van der Waals surface area contributed by atoms with Gasteiger partial charge in [0.25, 0.3) is 0 Å². The van der Waals surface area contributed by atoms with Gasteiger partial charge in [-0.25, -0.2) is 0 Å². The van der Waals surface area contributed by atoms with Crippen LogP contribution in [0.2, 0.25) is 4.34 Å². The summed E-state index contributed by atoms with van der Waals surface area (Å²) >= 11 is 7.80. The van der Waals surface area contributed by atoms with Crippen molar-refractivity contribution < 1.29 is 0 Å². The number of nitrogens with one attached hydrogen (secondary N) is 1. The molecule has 1 heterocycles. The second-order valence-electron chi connectivity index (χ2n) is 4.60. The van der Waals surface area contributed by atoms with Crippen LogP contribution in [0.3, 0.4) is 0 Å². The Kier molecular flexibility index (Phi) is 4.68. The maximum absolute atomic E-state index is 6.03. The van der Waals surface area contributed by atoms with Crippen LogP contribution in [0.1, 0.15) is 43.4 Å². The van der Waals surface area contributed by atoms with Crippen LogP contribution in [0.4, 0.5) is 0 Å². The fraction of sp³-hybridized carbons (Fsp3) is 0.692. The van der Waals surface area contributed by atoms with Crippen molar-refractivity contribution in [1.82, 2.24) is 5.32 Å². The number of halogens is 1. The van der Waals surface area contributed by atoms with Crippen molar-refractivity contribution in [3.05, 3.63) is 21.3 Å². The van der Waals surface area contributed by atoms with Crippen molar-refractivity contribution in [1.29, 1.82) is 0 Å². The maximum Gasteiger partial charge on any atom is 0.0931 e. The average Bonchev–Trinajstić information content (AvgIpc) is 2.73. The highest BCUT2D eigenvalue weighted by atomic mass is 35.5. The summed E-state index contributed by atoms with van der Waals surface area (Å²) in [6.45, 7) is 4.42. The van der Waals surface area contributed by atoms with E-state index in [0.717, 1.165) is 29.3 Å². The molecule has 0 spiro atoms. The van der Waals surface area contributed by atoms with Crippen LogP contribution in [0.15, 0.2) is 12.1 Å². The van der Waals surface area contributed by atoms with Gasteiger partial charge in [-0.15, -0.1) is 11.3 Å². The number of hydrogen-bond acceptors (Lipinski definition) is 2. The minimum absolute atomic E-state index is 0.741. The number of hydrogen-bond donors (Lipinski definition) is 1. The predicted molar refractivity (Wildman–Crippen MR) is 72.6 cm³/mol. The van der Waals surface area contributed by atoms with Crippen LogP contribution in [-0.2, 0) is 0 Å². The lowest BCUT2D eigenvalue weighted by Gasteiger charge is -2.31. The van der Waals surface area contributed by atoms with Crippen molar-refractivity contribution in [2.75, 3.05) is 13.1 Å². The van der Waals surface area contributed by atoms with E-state index < -0.39 is 0 Å². The molecule has 1 nitrogen and oxygen atoms in total. The molecule has 16 heavy (non-hydrogen) atoms. The molecule has 3 heteroatoms. The van der Waals surface area contributed by atoms with Crippen molar-refractivity contribution in [3.8, 4) is 0 Å². The van der Waals surface area contributed by atoms with Crippen molar-refractivity contribution >= 4 is 22.9 Å². The molecular formula is C13H20ClNS. The normalized spacial score (nSPS) is 25.9. The zero-order valence-electron chi connectivity index (χ0n) is 9.84. The molecule has 1 N–H and O–H groups in total. The first-order valence-electron chi connectivity index (χ1n) is 6.27. The lowest BCUT2D eigenvalue weighted by Crippen LogP contribution is -2.29. The Balaban J connectivity index is 2.04. The quantitative estimate of drug-likeness (QED) is 0.849. The summed E-state index contributed by atoms with van der Waals surface area (Å²) in [7, 11) is 0. The summed E-state index contributed by atoms with van der Waals surface area (Å²) in [6, 6.07) is 4.27. The van der Waals surface area contributed by atoms with E-state index in [-0.39, 0.29) is 0 Å². The molecule has 2 atom stereocenters. The van der Waals surface area contributed by atoms with Crippen molar-refractivity contribution in [3.63, 3.8) is 0 Å². The second-order valence-corrected chi connectivity index (χ2v) is 6.35. The van der Waals surface area contributed by atoms with Crippen molar-refractivity contribution in [2.45, 2.75) is 38.5 Å². The third-order valence-corrected chi connectivity index (χ3v) is 4.89. The zero-order valence-corrected chi connectivity index (χ0v) is 11.4. The van der Waals surface area contributed by atoms with Gasteiger partial charge in [0.2, 0.25) is 0 Å². The van der Waals surface area contributed by atoms with Gasteiger partial charge in [-0.1, -0.05) is 31.4 Å². The molecule has 1 aliphatic rings. The Labute approximate surface area is 107 Å². The molecule has 0 amide bonds. The molecule has 1 aromatic rings. The van der Waals surface area contributed by atoms with Crippen LogP contribution >= 0.6 is 22.9 Å². The van der Waals surface area contributed by atoms with Gasteiger partial charge in [0.15, 0.2) is 0 Å². The fourth-order valence-electron chi connectivity index (χ4n) is 2.68. The van der Waals surface area contributed by atoms with Crippen LogP contribution in [-0.4, -0.2) is 13.1 Å². The summed E-state index contributed by atoms with van der Waals surface area (Å²) in [4.78, 5) is 1.49. The Morgan fingerprint density at radius 1 is 1.38 bits per heavy atom. The second kappa shape index (κ2) is 6.04. The van der Waals surface area contributed by atoms with E-state index in [2.05, 4.69) is 18.3 Å². The summed E-state index contributed by atoms with van der Waals surface area (Å²) in [6.07, 6.45) is 5.48. The number of rotatable bonds is 4. The maximum atomic E-state index is 6.03. The van der Waals surface area contributed by atoms with Gasteiger partial charge in [0.1, 0.15) is 0 Å². The highest BCUT2D eigenvalue weighted by molar-refractivity contribution is 7.16. The van der Waals surface area contributed by atoms with E-state index in [1.807, 2.05) is 6.07 Å². The monoisotopic (exact) mass is 257 g/mol. The molecule has 0 aromatic carbocycles. The first-order valence-corrected chi connectivity index (χ1v) is 7.46. The Morgan fingerprint density at radius 2 is 2.19 bits per heavy atom. The van der Waals surface area contributed by atoms with Gasteiger partial charge in [0, 0.05) is 4.88 Å². The fourth-order valence-corrected chi connectivity index (χ4v) is 3.97. The molecule has 0 saturated heterocycles. The topological polar surface area (TPSA) is 12.0 Å². The highest BCUT2D eigenvalue weighted by Gasteiger charge is 2.26. The molecule has 1 fully saturated rings. The van der Waals surface area contributed by atoms with Crippen LogP contribution in [0.5, 0.6) is 0 Å². The van der Waals surface area contributed by atoms with Gasteiger partial charge in [-0.05, 0) is 49.9 Å². The molecular weight excluding hydrogens is 238 g/mol. The van der Waals surface area contributed by atoms with Crippen LogP contribution in [0, 0.1) is 5.92 Å². The SMILES string of the molecule is CCNCC1CCCCC1c1ccc(Cl)s1. The van der Waals surface area contributed by atoms with Gasteiger partial charge in [-0.3, -0.25) is 0 Å². The molecule has 2 rings (SSSR count).